The summed E-state index contributed by atoms with van der Waals surface area (Å²) in [7, 11) is -7.02. The summed E-state index contributed by atoms with van der Waals surface area (Å²) >= 11 is 11.4. The molecule has 0 rings (SSSR count). The van der Waals surface area contributed by atoms with Crippen molar-refractivity contribution in [1.29, 1.82) is 0 Å². The fourth-order valence-corrected chi connectivity index (χ4v) is 5.09. The Hall–Kier alpha value is 0.440. The second kappa shape index (κ2) is 6.56. The minimum absolute atomic E-state index is 0.0328. The molecule has 0 radical (unpaired) electrons. The molecule has 0 aliphatic carbocycles. The Balaban J connectivity index is 4.75. The van der Waals surface area contributed by atoms with Gasteiger partial charge in [0.2, 0.25) is 10.0 Å². The quantitative estimate of drug-likeness (QED) is 0.662. The summed E-state index contributed by atoms with van der Waals surface area (Å²) in [6.45, 7) is 1.75. The lowest BCUT2D eigenvalue weighted by atomic mass is 10.0. The minimum atomic E-state index is -3.71. The largest absolute Gasteiger partial charge is 0.229 e. The van der Waals surface area contributed by atoms with Gasteiger partial charge in [-0.15, -0.1) is 23.2 Å². The molecule has 5 nitrogen and oxygen atoms in total. The first-order valence-electron chi connectivity index (χ1n) is 4.91. The Morgan fingerprint density at radius 2 is 1.53 bits per heavy atom. The van der Waals surface area contributed by atoms with Gasteiger partial charge in [-0.2, -0.15) is 0 Å². The van der Waals surface area contributed by atoms with Crippen LogP contribution >= 0.6 is 23.2 Å². The third-order valence-corrected chi connectivity index (χ3v) is 6.00. The van der Waals surface area contributed by atoms with Crippen LogP contribution < -0.4 is 4.72 Å². The molecule has 0 aromatic carbocycles. The molecule has 0 aromatic heterocycles. The lowest BCUT2D eigenvalue weighted by molar-refractivity contribution is 0.450. The van der Waals surface area contributed by atoms with Crippen LogP contribution in [0.5, 0.6) is 0 Å². The fraction of sp³-hybridized carbons (Fsp3) is 1.00. The smallest absolute Gasteiger partial charge is 0.213 e. The number of hydrogen-bond acceptors (Lipinski definition) is 4. The van der Waals surface area contributed by atoms with Crippen LogP contribution in [-0.2, 0) is 19.9 Å². The van der Waals surface area contributed by atoms with Crippen molar-refractivity contribution < 1.29 is 16.8 Å². The molecule has 0 unspecified atom stereocenters. The predicted molar refractivity (Wildman–Crippen MR) is 71.1 cm³/mol. The topological polar surface area (TPSA) is 80.3 Å². The van der Waals surface area contributed by atoms with Crippen molar-refractivity contribution in [3.8, 4) is 0 Å². The first-order chi connectivity index (χ1) is 7.60. The summed E-state index contributed by atoms with van der Waals surface area (Å²) in [5.41, 5.74) is -0.917. The molecule has 0 amide bonds. The van der Waals surface area contributed by atoms with E-state index in [1.54, 1.807) is 6.92 Å². The molecule has 0 atom stereocenters. The van der Waals surface area contributed by atoms with E-state index >= 15 is 0 Å². The summed E-state index contributed by atoms with van der Waals surface area (Å²) in [6.07, 6.45) is 1.41. The van der Waals surface area contributed by atoms with Gasteiger partial charge in [0.05, 0.1) is 17.0 Å². The number of sulfone groups is 1. The van der Waals surface area contributed by atoms with E-state index in [2.05, 4.69) is 4.72 Å². The van der Waals surface area contributed by atoms with Crippen molar-refractivity contribution in [1.82, 2.24) is 4.72 Å². The van der Waals surface area contributed by atoms with E-state index in [0.29, 0.717) is 6.42 Å². The predicted octanol–water partition coefficient (Wildman–Crippen LogP) is 0.577. The molecule has 0 aliphatic heterocycles. The molecule has 104 valence electrons. The van der Waals surface area contributed by atoms with E-state index in [-0.39, 0.29) is 11.8 Å². The van der Waals surface area contributed by atoms with Crippen LogP contribution in [-0.4, -0.2) is 51.9 Å². The second-order valence-corrected chi connectivity index (χ2v) is 8.59. The second-order valence-electron chi connectivity index (χ2n) is 3.95. The lowest BCUT2D eigenvalue weighted by Crippen LogP contribution is -2.52. The maximum Gasteiger partial charge on any atom is 0.213 e. The van der Waals surface area contributed by atoms with E-state index in [1.807, 2.05) is 0 Å². The van der Waals surface area contributed by atoms with Crippen molar-refractivity contribution in [3.05, 3.63) is 0 Å². The van der Waals surface area contributed by atoms with Gasteiger partial charge in [0.25, 0.3) is 0 Å². The van der Waals surface area contributed by atoms with Crippen LogP contribution in [0.1, 0.15) is 13.3 Å². The summed E-state index contributed by atoms with van der Waals surface area (Å²) in [4.78, 5) is 0. The average Bonchev–Trinajstić information content (AvgIpc) is 2.23. The van der Waals surface area contributed by atoms with Gasteiger partial charge in [-0.1, -0.05) is 6.92 Å². The van der Waals surface area contributed by atoms with Crippen LogP contribution in [0, 0.1) is 0 Å². The molecule has 0 saturated heterocycles. The highest BCUT2D eigenvalue weighted by Crippen LogP contribution is 2.16. The molecule has 17 heavy (non-hydrogen) atoms. The Bertz CT molecular complexity index is 420. The standard InChI is InChI=1S/C8H17Cl2NO4S2/c1-3-8(6-9,7-10)11-17(14,15)5-4-16(2,12)13/h11H,3-7H2,1-2H3. The zero-order valence-electron chi connectivity index (χ0n) is 9.74. The van der Waals surface area contributed by atoms with Crippen molar-refractivity contribution >= 4 is 43.1 Å². The number of sulfonamides is 1. The fourth-order valence-electron chi connectivity index (χ4n) is 0.993. The van der Waals surface area contributed by atoms with Crippen molar-refractivity contribution in [2.45, 2.75) is 18.9 Å². The molecule has 1 N–H and O–H groups in total. The third kappa shape index (κ3) is 6.81. The maximum atomic E-state index is 11.7. The molecule has 0 fully saturated rings. The number of alkyl halides is 2. The van der Waals surface area contributed by atoms with E-state index in [0.717, 1.165) is 6.26 Å². The first-order valence-corrected chi connectivity index (χ1v) is 9.69. The molecule has 0 heterocycles. The number of halogens is 2. The molecule has 0 bridgehead atoms. The average molecular weight is 326 g/mol. The van der Waals surface area contributed by atoms with Crippen molar-refractivity contribution in [3.63, 3.8) is 0 Å². The third-order valence-electron chi connectivity index (χ3n) is 2.28. The van der Waals surface area contributed by atoms with Gasteiger partial charge < -0.3 is 0 Å². The molecule has 0 aromatic rings. The van der Waals surface area contributed by atoms with E-state index in [4.69, 9.17) is 23.2 Å². The van der Waals surface area contributed by atoms with Crippen LogP contribution in [0.15, 0.2) is 0 Å². The van der Waals surface area contributed by atoms with E-state index in [9.17, 15) is 16.8 Å². The van der Waals surface area contributed by atoms with Gasteiger partial charge in [0.1, 0.15) is 9.84 Å². The summed E-state index contributed by atoms with van der Waals surface area (Å²) in [6, 6.07) is 0. The van der Waals surface area contributed by atoms with Crippen molar-refractivity contribution in [2.24, 2.45) is 0 Å². The highest BCUT2D eigenvalue weighted by atomic mass is 35.5. The van der Waals surface area contributed by atoms with Crippen LogP contribution in [0.2, 0.25) is 0 Å². The molecular weight excluding hydrogens is 309 g/mol. The van der Waals surface area contributed by atoms with Crippen LogP contribution in [0.4, 0.5) is 0 Å². The molecule has 0 saturated carbocycles. The molecule has 0 aliphatic rings. The summed E-state index contributed by atoms with van der Waals surface area (Å²) in [5, 5.41) is 0. The van der Waals surface area contributed by atoms with Gasteiger partial charge in [0.15, 0.2) is 0 Å². The zero-order chi connectivity index (χ0) is 13.7. The first kappa shape index (κ1) is 17.4. The highest BCUT2D eigenvalue weighted by Gasteiger charge is 2.31. The Morgan fingerprint density at radius 1 is 1.06 bits per heavy atom. The Labute approximate surface area is 113 Å². The number of hydrogen-bond donors (Lipinski definition) is 1. The highest BCUT2D eigenvalue weighted by molar-refractivity contribution is 7.93. The van der Waals surface area contributed by atoms with Crippen molar-refractivity contribution in [2.75, 3.05) is 29.5 Å². The monoisotopic (exact) mass is 325 g/mol. The van der Waals surface area contributed by atoms with Gasteiger partial charge >= 0.3 is 0 Å². The molecule has 9 heteroatoms. The van der Waals surface area contributed by atoms with E-state index < -0.39 is 36.9 Å². The summed E-state index contributed by atoms with van der Waals surface area (Å²) < 4.78 is 47.5. The minimum Gasteiger partial charge on any atom is -0.229 e. The van der Waals surface area contributed by atoms with Gasteiger partial charge in [0, 0.05) is 18.0 Å². The van der Waals surface area contributed by atoms with E-state index in [1.165, 1.54) is 0 Å². The Kier molecular flexibility index (Phi) is 6.73. The van der Waals surface area contributed by atoms with Crippen LogP contribution in [0.25, 0.3) is 0 Å². The van der Waals surface area contributed by atoms with Gasteiger partial charge in [-0.05, 0) is 6.42 Å². The number of rotatable bonds is 8. The van der Waals surface area contributed by atoms with Gasteiger partial charge in [-0.25, -0.2) is 21.6 Å². The number of nitrogens with one attached hydrogen (secondary N) is 1. The lowest BCUT2D eigenvalue weighted by Gasteiger charge is -2.28. The summed E-state index contributed by atoms with van der Waals surface area (Å²) in [5.74, 6) is -0.843. The zero-order valence-corrected chi connectivity index (χ0v) is 12.9. The van der Waals surface area contributed by atoms with Gasteiger partial charge in [-0.3, -0.25) is 0 Å². The van der Waals surface area contributed by atoms with Crippen LogP contribution in [0.3, 0.4) is 0 Å². The molecule has 0 spiro atoms. The maximum absolute atomic E-state index is 11.7. The SMILES string of the molecule is CCC(CCl)(CCl)NS(=O)(=O)CCS(C)(=O)=O. The normalized spacial score (nSPS) is 13.9. The Morgan fingerprint density at radius 3 is 1.82 bits per heavy atom. The molecular formula is C8H17Cl2NO4S2.